The van der Waals surface area contributed by atoms with Crippen LogP contribution in [-0.2, 0) is 0 Å². The van der Waals surface area contributed by atoms with Crippen molar-refractivity contribution >= 4 is 28.6 Å². The van der Waals surface area contributed by atoms with Crippen LogP contribution >= 0.6 is 0 Å². The number of amides is 1. The zero-order valence-corrected chi connectivity index (χ0v) is 11.7. The van der Waals surface area contributed by atoms with Gasteiger partial charge < -0.3 is 0 Å². The van der Waals surface area contributed by atoms with Crippen LogP contribution in [0.4, 0.5) is 5.69 Å². The molecule has 0 aromatic heterocycles. The first-order valence-corrected chi connectivity index (χ1v) is 7.08. The molecule has 0 saturated heterocycles. The Kier molecular flexibility index (Phi) is 2.90. The summed E-state index contributed by atoms with van der Waals surface area (Å²) in [6, 6.07) is 17.0. The molecule has 2 aliphatic rings. The Morgan fingerprint density at radius 2 is 1.73 bits per heavy atom. The van der Waals surface area contributed by atoms with E-state index in [0.29, 0.717) is 11.3 Å². The number of fused-ring (bicyclic) bond motifs is 3. The number of benzene rings is 2. The fraction of sp³-hybridized carbons (Fsp3) is 0. The SMILES string of the molecule is O=C(N=C1C=CC=C2C1=Nc1ccccc12)c1ccccc1. The van der Waals surface area contributed by atoms with Gasteiger partial charge in [0.25, 0.3) is 5.91 Å². The van der Waals surface area contributed by atoms with E-state index in [1.807, 2.05) is 60.7 Å². The normalized spacial score (nSPS) is 16.8. The van der Waals surface area contributed by atoms with Crippen LogP contribution in [-0.4, -0.2) is 17.3 Å². The molecule has 3 nitrogen and oxygen atoms in total. The number of aliphatic imine (C=N–C) groups is 2. The van der Waals surface area contributed by atoms with Gasteiger partial charge >= 0.3 is 0 Å². The van der Waals surface area contributed by atoms with Gasteiger partial charge in [-0.2, -0.15) is 0 Å². The van der Waals surface area contributed by atoms with E-state index in [9.17, 15) is 4.79 Å². The number of allylic oxidation sites excluding steroid dienone is 4. The number of nitrogens with zero attached hydrogens (tertiary/aromatic N) is 2. The molecule has 0 spiro atoms. The Labute approximate surface area is 128 Å². The standard InChI is InChI=1S/C19H12N2O/c22-19(13-7-2-1-3-8-13)21-17-12-6-10-15-14-9-4-5-11-16(14)20-18(15)17/h1-12H. The number of carbonyl (C=O) groups excluding carboxylic acids is 1. The third-order valence-electron chi connectivity index (χ3n) is 3.68. The van der Waals surface area contributed by atoms with Crippen molar-refractivity contribution in [1.82, 2.24) is 0 Å². The van der Waals surface area contributed by atoms with Gasteiger partial charge in [0.1, 0.15) is 0 Å². The molecule has 1 aliphatic heterocycles. The molecule has 3 heteroatoms. The Morgan fingerprint density at radius 3 is 2.59 bits per heavy atom. The average Bonchev–Trinajstić information content (AvgIpc) is 2.95. The van der Waals surface area contributed by atoms with E-state index in [1.165, 1.54) is 0 Å². The molecule has 0 bridgehead atoms. The molecule has 22 heavy (non-hydrogen) atoms. The maximum atomic E-state index is 12.3. The van der Waals surface area contributed by atoms with Gasteiger partial charge in [-0.3, -0.25) is 4.79 Å². The summed E-state index contributed by atoms with van der Waals surface area (Å²) in [5.74, 6) is -0.250. The molecule has 0 saturated carbocycles. The smallest absolute Gasteiger partial charge is 0.267 e. The van der Waals surface area contributed by atoms with Gasteiger partial charge in [-0.15, -0.1) is 0 Å². The van der Waals surface area contributed by atoms with Crippen molar-refractivity contribution in [3.05, 3.63) is 84.0 Å². The molecule has 0 fully saturated rings. The van der Waals surface area contributed by atoms with E-state index in [2.05, 4.69) is 9.98 Å². The summed E-state index contributed by atoms with van der Waals surface area (Å²) in [6.07, 6.45) is 5.75. The second-order valence-electron chi connectivity index (χ2n) is 5.09. The highest BCUT2D eigenvalue weighted by Crippen LogP contribution is 2.36. The zero-order chi connectivity index (χ0) is 14.9. The summed E-state index contributed by atoms with van der Waals surface area (Å²) in [7, 11) is 0. The fourth-order valence-corrected chi connectivity index (χ4v) is 2.63. The summed E-state index contributed by atoms with van der Waals surface area (Å²) in [6.45, 7) is 0. The summed E-state index contributed by atoms with van der Waals surface area (Å²) in [5.41, 5.74) is 5.00. The first-order chi connectivity index (χ1) is 10.8. The van der Waals surface area contributed by atoms with Gasteiger partial charge in [0.15, 0.2) is 0 Å². The van der Waals surface area contributed by atoms with Crippen LogP contribution in [0.15, 0.2) is 82.8 Å². The van der Waals surface area contributed by atoms with Crippen molar-refractivity contribution in [3.63, 3.8) is 0 Å². The van der Waals surface area contributed by atoms with E-state index in [4.69, 9.17) is 0 Å². The maximum Gasteiger partial charge on any atom is 0.277 e. The van der Waals surface area contributed by atoms with Crippen LogP contribution in [0.25, 0.3) is 5.57 Å². The lowest BCUT2D eigenvalue weighted by molar-refractivity contribution is 0.100. The van der Waals surface area contributed by atoms with E-state index in [-0.39, 0.29) is 5.91 Å². The number of hydrogen-bond acceptors (Lipinski definition) is 2. The summed E-state index contributed by atoms with van der Waals surface area (Å²) in [5, 5.41) is 0. The predicted molar refractivity (Wildman–Crippen MR) is 88.9 cm³/mol. The number of rotatable bonds is 1. The van der Waals surface area contributed by atoms with Crippen molar-refractivity contribution in [2.24, 2.45) is 9.98 Å². The zero-order valence-electron chi connectivity index (χ0n) is 11.7. The highest BCUT2D eigenvalue weighted by Gasteiger charge is 2.25. The molecule has 1 amide bonds. The van der Waals surface area contributed by atoms with Crippen molar-refractivity contribution < 1.29 is 4.79 Å². The van der Waals surface area contributed by atoms with Crippen LogP contribution < -0.4 is 0 Å². The summed E-state index contributed by atoms with van der Waals surface area (Å²) < 4.78 is 0. The number of para-hydroxylation sites is 1. The minimum absolute atomic E-state index is 0.250. The largest absolute Gasteiger partial charge is 0.277 e. The van der Waals surface area contributed by atoms with Crippen LogP contribution in [0.2, 0.25) is 0 Å². The third-order valence-corrected chi connectivity index (χ3v) is 3.68. The Hall–Kier alpha value is -3.07. The molecule has 2 aromatic rings. The molecular weight excluding hydrogens is 272 g/mol. The van der Waals surface area contributed by atoms with Gasteiger partial charge in [-0.25, -0.2) is 9.98 Å². The predicted octanol–water partition coefficient (Wildman–Crippen LogP) is 4.01. The van der Waals surface area contributed by atoms with Crippen molar-refractivity contribution in [1.29, 1.82) is 0 Å². The van der Waals surface area contributed by atoms with Crippen LogP contribution in [0.1, 0.15) is 15.9 Å². The van der Waals surface area contributed by atoms with E-state index < -0.39 is 0 Å². The first-order valence-electron chi connectivity index (χ1n) is 7.08. The molecule has 0 N–H and O–H groups in total. The monoisotopic (exact) mass is 284 g/mol. The van der Waals surface area contributed by atoms with Gasteiger partial charge in [0.05, 0.1) is 17.1 Å². The lowest BCUT2D eigenvalue weighted by atomic mass is 9.96. The quantitative estimate of drug-likeness (QED) is 0.729. The molecule has 4 rings (SSSR count). The second-order valence-corrected chi connectivity index (χ2v) is 5.09. The molecule has 0 atom stereocenters. The summed E-state index contributed by atoms with van der Waals surface area (Å²) >= 11 is 0. The van der Waals surface area contributed by atoms with E-state index in [1.54, 1.807) is 12.1 Å². The van der Waals surface area contributed by atoms with Gasteiger partial charge in [-0.1, -0.05) is 48.6 Å². The van der Waals surface area contributed by atoms with Crippen molar-refractivity contribution in [3.8, 4) is 0 Å². The molecule has 0 unspecified atom stereocenters. The molecule has 0 radical (unpaired) electrons. The molecule has 1 heterocycles. The Morgan fingerprint density at radius 1 is 0.955 bits per heavy atom. The van der Waals surface area contributed by atoms with Crippen LogP contribution in [0.5, 0.6) is 0 Å². The van der Waals surface area contributed by atoms with Crippen LogP contribution in [0.3, 0.4) is 0 Å². The second kappa shape index (κ2) is 5.04. The first kappa shape index (κ1) is 12.7. The summed E-state index contributed by atoms with van der Waals surface area (Å²) in [4.78, 5) is 21.1. The molecular formula is C19H12N2O. The highest BCUT2D eigenvalue weighted by atomic mass is 16.1. The van der Waals surface area contributed by atoms with Crippen LogP contribution in [0, 0.1) is 0 Å². The lowest BCUT2D eigenvalue weighted by Crippen LogP contribution is -2.15. The topological polar surface area (TPSA) is 41.8 Å². The third kappa shape index (κ3) is 2.04. The number of carbonyl (C=O) groups is 1. The lowest BCUT2D eigenvalue weighted by Gasteiger charge is -2.08. The van der Waals surface area contributed by atoms with Gasteiger partial charge in [-0.05, 0) is 24.3 Å². The molecule has 104 valence electrons. The fourth-order valence-electron chi connectivity index (χ4n) is 2.63. The minimum Gasteiger partial charge on any atom is -0.267 e. The molecule has 1 aliphatic carbocycles. The highest BCUT2D eigenvalue weighted by molar-refractivity contribution is 6.64. The Balaban J connectivity index is 1.74. The average molecular weight is 284 g/mol. The van der Waals surface area contributed by atoms with Crippen molar-refractivity contribution in [2.75, 3.05) is 0 Å². The van der Waals surface area contributed by atoms with Crippen molar-refractivity contribution in [2.45, 2.75) is 0 Å². The van der Waals surface area contributed by atoms with Gasteiger partial charge in [0, 0.05) is 16.7 Å². The number of hydrogen-bond donors (Lipinski definition) is 0. The molecule has 2 aromatic carbocycles. The minimum atomic E-state index is -0.250. The van der Waals surface area contributed by atoms with E-state index >= 15 is 0 Å². The van der Waals surface area contributed by atoms with Gasteiger partial charge in [0.2, 0.25) is 0 Å². The van der Waals surface area contributed by atoms with E-state index in [0.717, 1.165) is 22.5 Å². The maximum absolute atomic E-state index is 12.3. The Bertz CT molecular complexity index is 887.